The maximum Gasteiger partial charge on any atom is 0.219 e. The van der Waals surface area contributed by atoms with Gasteiger partial charge in [0.15, 0.2) is 5.43 Å². The van der Waals surface area contributed by atoms with E-state index >= 15 is 0 Å². The molecule has 5 nitrogen and oxygen atoms in total. The summed E-state index contributed by atoms with van der Waals surface area (Å²) in [6.45, 7) is 5.65. The Bertz CT molecular complexity index is 652. The minimum atomic E-state index is -0.0790. The van der Waals surface area contributed by atoms with E-state index in [2.05, 4.69) is 5.32 Å². The Labute approximate surface area is 104 Å². The van der Waals surface area contributed by atoms with Crippen LogP contribution >= 0.6 is 0 Å². The molecule has 1 N–H and O–H groups in total. The van der Waals surface area contributed by atoms with Crippen molar-refractivity contribution in [2.24, 2.45) is 0 Å². The lowest BCUT2D eigenvalue weighted by molar-refractivity contribution is -0.120. The second kappa shape index (κ2) is 4.68. The normalized spacial score (nSPS) is 10.8. The van der Waals surface area contributed by atoms with Gasteiger partial charge in [-0.15, -0.1) is 0 Å². The molecule has 0 aliphatic heterocycles. The first kappa shape index (κ1) is 12.4. The van der Waals surface area contributed by atoms with E-state index < -0.39 is 0 Å². The van der Waals surface area contributed by atoms with Crippen molar-refractivity contribution in [3.63, 3.8) is 0 Å². The molecule has 2 rings (SSSR count). The fraction of sp³-hybridized carbons (Fsp3) is 0.385. The van der Waals surface area contributed by atoms with Crippen molar-refractivity contribution in [3.8, 4) is 0 Å². The Morgan fingerprint density at radius 3 is 2.78 bits per heavy atom. The highest BCUT2D eigenvalue weighted by Crippen LogP contribution is 2.12. The predicted octanol–water partition coefficient (Wildman–Crippen LogP) is 1.54. The van der Waals surface area contributed by atoms with Crippen molar-refractivity contribution in [2.75, 3.05) is 0 Å². The van der Waals surface area contributed by atoms with Crippen LogP contribution in [0.1, 0.15) is 30.4 Å². The van der Waals surface area contributed by atoms with Gasteiger partial charge < -0.3 is 9.84 Å². The predicted molar refractivity (Wildman–Crippen MR) is 67.5 cm³/mol. The molecule has 5 heteroatoms. The number of nitrogens with one attached hydrogen (secondary N) is 1. The average Bonchev–Trinajstić information content (AvgIpc) is 2.69. The summed E-state index contributed by atoms with van der Waals surface area (Å²) in [5.41, 5.74) is 1.94. The molecule has 0 aliphatic carbocycles. The quantitative estimate of drug-likeness (QED) is 0.896. The number of carbonyl (C=O) groups is 1. The Morgan fingerprint density at radius 1 is 1.39 bits per heavy atom. The minimum Gasteiger partial charge on any atom is -0.380 e. The molecule has 0 fully saturated rings. The maximum absolute atomic E-state index is 12.0. The molecular formula is C13H16N2O3. The Hall–Kier alpha value is -2.04. The van der Waals surface area contributed by atoms with Crippen LogP contribution in [-0.4, -0.2) is 10.5 Å². The first-order valence-electron chi connectivity index (χ1n) is 5.91. The van der Waals surface area contributed by atoms with Crippen molar-refractivity contribution in [1.29, 1.82) is 0 Å². The zero-order valence-corrected chi connectivity index (χ0v) is 10.7. The number of aromatic nitrogens is 1. The van der Waals surface area contributed by atoms with Crippen LogP contribution < -0.4 is 10.7 Å². The molecule has 0 unspecified atom stereocenters. The average molecular weight is 248 g/mol. The largest absolute Gasteiger partial charge is 0.380 e. The van der Waals surface area contributed by atoms with Crippen molar-refractivity contribution >= 4 is 11.4 Å². The molecule has 0 atom stereocenters. The number of carbonyl (C=O) groups excluding carboxylic acids is 1. The number of amides is 1. The van der Waals surface area contributed by atoms with Crippen molar-refractivity contribution in [2.45, 2.75) is 33.7 Å². The van der Waals surface area contributed by atoms with Gasteiger partial charge in [0.05, 0.1) is 11.2 Å². The summed E-state index contributed by atoms with van der Waals surface area (Å²) in [4.78, 5) is 23.2. The zero-order chi connectivity index (χ0) is 13.3. The number of rotatable bonds is 3. The van der Waals surface area contributed by atoms with Crippen LogP contribution in [0.4, 0.5) is 0 Å². The Balaban J connectivity index is 2.44. The standard InChI is InChI=1S/C13H16N2O3/c1-4-13(17)14-7-11-9(3)15-10(6-12(11)16)5-8(2)18-15/h5-6H,4,7H2,1-3H3,(H,14,17). The van der Waals surface area contributed by atoms with Crippen molar-refractivity contribution in [1.82, 2.24) is 9.89 Å². The van der Waals surface area contributed by atoms with Gasteiger partial charge in [0.1, 0.15) is 5.76 Å². The highest BCUT2D eigenvalue weighted by molar-refractivity contribution is 5.75. The van der Waals surface area contributed by atoms with E-state index in [-0.39, 0.29) is 17.9 Å². The maximum atomic E-state index is 12.0. The Morgan fingerprint density at radius 2 is 2.11 bits per heavy atom. The molecule has 96 valence electrons. The summed E-state index contributed by atoms with van der Waals surface area (Å²) in [5.74, 6) is 0.668. The van der Waals surface area contributed by atoms with Crippen LogP contribution in [0, 0.1) is 13.8 Å². The van der Waals surface area contributed by atoms with E-state index in [9.17, 15) is 9.59 Å². The SMILES string of the molecule is CCC(=O)NCc1c(C)n2oc(C)cc2cc1=O. The van der Waals surface area contributed by atoms with E-state index in [4.69, 9.17) is 4.52 Å². The number of fused-ring (bicyclic) bond motifs is 1. The molecular weight excluding hydrogens is 232 g/mol. The number of hydrogen-bond donors (Lipinski definition) is 1. The van der Waals surface area contributed by atoms with Gasteiger partial charge in [-0.2, -0.15) is 4.57 Å². The van der Waals surface area contributed by atoms with E-state index in [1.54, 1.807) is 11.5 Å². The molecule has 0 radical (unpaired) electrons. The third-order valence-corrected chi connectivity index (χ3v) is 2.92. The van der Waals surface area contributed by atoms with Gasteiger partial charge in [0.2, 0.25) is 5.91 Å². The van der Waals surface area contributed by atoms with Gasteiger partial charge in [0, 0.05) is 30.7 Å². The minimum absolute atomic E-state index is 0.0745. The van der Waals surface area contributed by atoms with Crippen LogP contribution in [0.5, 0.6) is 0 Å². The summed E-state index contributed by atoms with van der Waals surface area (Å²) < 4.78 is 7.11. The molecule has 0 aromatic carbocycles. The lowest BCUT2D eigenvalue weighted by Gasteiger charge is -2.07. The number of pyridine rings is 1. The van der Waals surface area contributed by atoms with Crippen LogP contribution in [-0.2, 0) is 11.3 Å². The fourth-order valence-corrected chi connectivity index (χ4v) is 1.90. The van der Waals surface area contributed by atoms with E-state index in [1.807, 2.05) is 19.9 Å². The van der Waals surface area contributed by atoms with E-state index in [0.717, 1.165) is 17.0 Å². The highest BCUT2D eigenvalue weighted by atomic mass is 16.5. The molecule has 0 saturated heterocycles. The second-order valence-electron chi connectivity index (χ2n) is 4.27. The third-order valence-electron chi connectivity index (χ3n) is 2.92. The lowest BCUT2D eigenvalue weighted by Crippen LogP contribution is -2.26. The molecule has 18 heavy (non-hydrogen) atoms. The van der Waals surface area contributed by atoms with Crippen LogP contribution in [0.3, 0.4) is 0 Å². The molecule has 0 bridgehead atoms. The summed E-state index contributed by atoms with van der Waals surface area (Å²) in [6, 6.07) is 3.33. The molecule has 1 amide bonds. The molecule has 2 aromatic rings. The topological polar surface area (TPSA) is 63.7 Å². The second-order valence-corrected chi connectivity index (χ2v) is 4.27. The highest BCUT2D eigenvalue weighted by Gasteiger charge is 2.11. The smallest absolute Gasteiger partial charge is 0.219 e. The first-order valence-corrected chi connectivity index (χ1v) is 5.91. The molecule has 2 heterocycles. The van der Waals surface area contributed by atoms with E-state index in [1.165, 1.54) is 6.07 Å². The third kappa shape index (κ3) is 2.16. The van der Waals surface area contributed by atoms with Crippen molar-refractivity contribution < 1.29 is 9.32 Å². The van der Waals surface area contributed by atoms with Gasteiger partial charge in [0.25, 0.3) is 0 Å². The van der Waals surface area contributed by atoms with Gasteiger partial charge in [-0.3, -0.25) is 9.59 Å². The first-order chi connectivity index (χ1) is 8.52. The monoisotopic (exact) mass is 248 g/mol. The van der Waals surface area contributed by atoms with Crippen LogP contribution in [0.15, 0.2) is 21.5 Å². The van der Waals surface area contributed by atoms with Gasteiger partial charge in [-0.1, -0.05) is 6.92 Å². The molecule has 0 aliphatic rings. The molecule has 2 aromatic heterocycles. The Kier molecular flexibility index (Phi) is 3.23. The number of hydrogen-bond acceptors (Lipinski definition) is 3. The lowest BCUT2D eigenvalue weighted by atomic mass is 10.2. The van der Waals surface area contributed by atoms with Gasteiger partial charge in [-0.25, -0.2) is 0 Å². The number of aryl methyl sites for hydroxylation is 2. The summed E-state index contributed by atoms with van der Waals surface area (Å²) in [5, 5.41) is 2.71. The molecule has 0 spiro atoms. The summed E-state index contributed by atoms with van der Waals surface area (Å²) in [6.07, 6.45) is 0.405. The van der Waals surface area contributed by atoms with E-state index in [0.29, 0.717) is 12.0 Å². The fourth-order valence-electron chi connectivity index (χ4n) is 1.90. The van der Waals surface area contributed by atoms with Gasteiger partial charge in [-0.05, 0) is 13.8 Å². The number of nitrogens with zero attached hydrogens (tertiary/aromatic N) is 1. The molecule has 0 saturated carbocycles. The van der Waals surface area contributed by atoms with Crippen LogP contribution in [0.2, 0.25) is 0 Å². The van der Waals surface area contributed by atoms with Crippen LogP contribution in [0.25, 0.3) is 5.52 Å². The summed E-state index contributed by atoms with van der Waals surface area (Å²) >= 11 is 0. The van der Waals surface area contributed by atoms with Gasteiger partial charge >= 0.3 is 0 Å². The summed E-state index contributed by atoms with van der Waals surface area (Å²) in [7, 11) is 0. The zero-order valence-electron chi connectivity index (χ0n) is 10.7. The van der Waals surface area contributed by atoms with Crippen molar-refractivity contribution in [3.05, 3.63) is 39.4 Å².